The van der Waals surface area contributed by atoms with Gasteiger partial charge in [-0.25, -0.2) is 4.98 Å². The quantitative estimate of drug-likeness (QED) is 0.371. The summed E-state index contributed by atoms with van der Waals surface area (Å²) in [6.45, 7) is 0. The molecule has 0 saturated carbocycles. The van der Waals surface area contributed by atoms with Crippen LogP contribution in [0, 0.1) is 0 Å². The second kappa shape index (κ2) is 7.77. The van der Waals surface area contributed by atoms with Crippen molar-refractivity contribution in [2.45, 2.75) is 0 Å². The van der Waals surface area contributed by atoms with E-state index >= 15 is 0 Å². The van der Waals surface area contributed by atoms with Crippen LogP contribution < -0.4 is 14.8 Å². The van der Waals surface area contributed by atoms with Crippen molar-refractivity contribution in [3.05, 3.63) is 71.6 Å². The largest absolute Gasteiger partial charge is 0.496 e. The summed E-state index contributed by atoms with van der Waals surface area (Å²) >= 11 is 1.33. The van der Waals surface area contributed by atoms with Gasteiger partial charge in [0.15, 0.2) is 22.2 Å². The summed E-state index contributed by atoms with van der Waals surface area (Å²) in [4.78, 5) is 17.5. The monoisotopic (exact) mass is 430 g/mol. The number of hydrogen-bond acceptors (Lipinski definition) is 6. The van der Waals surface area contributed by atoms with Crippen LogP contribution in [-0.2, 0) is 0 Å². The molecule has 5 aromatic rings. The summed E-state index contributed by atoms with van der Waals surface area (Å²) in [6.07, 6.45) is 0. The Balaban J connectivity index is 1.43. The van der Waals surface area contributed by atoms with Crippen LogP contribution in [0.15, 0.2) is 70.5 Å². The number of rotatable bonds is 5. The number of para-hydroxylation sites is 1. The number of furan rings is 1. The molecule has 0 aliphatic rings. The highest BCUT2D eigenvalue weighted by Crippen LogP contribution is 2.35. The number of benzene rings is 3. The minimum absolute atomic E-state index is 0.283. The van der Waals surface area contributed by atoms with Gasteiger partial charge in [0.1, 0.15) is 11.4 Å². The summed E-state index contributed by atoms with van der Waals surface area (Å²) in [5, 5.41) is 8.08. The molecule has 0 aliphatic carbocycles. The molecule has 0 fully saturated rings. The molecule has 2 heterocycles. The van der Waals surface area contributed by atoms with E-state index in [-0.39, 0.29) is 5.91 Å². The molecule has 0 atom stereocenters. The van der Waals surface area contributed by atoms with Gasteiger partial charge in [-0.1, -0.05) is 36.4 Å². The second-order valence-electron chi connectivity index (χ2n) is 6.88. The fourth-order valence-electron chi connectivity index (χ4n) is 3.50. The Morgan fingerprint density at radius 1 is 0.935 bits per heavy atom. The van der Waals surface area contributed by atoms with E-state index in [1.807, 2.05) is 66.0 Å². The fraction of sp³-hybridized carbons (Fsp3) is 0.0833. The lowest BCUT2D eigenvalue weighted by Crippen LogP contribution is -2.13. The molecule has 154 valence electrons. The Bertz CT molecular complexity index is 1420. The third kappa shape index (κ3) is 3.49. The van der Waals surface area contributed by atoms with Crippen LogP contribution >= 0.6 is 11.3 Å². The Morgan fingerprint density at radius 3 is 2.45 bits per heavy atom. The Kier molecular flexibility index (Phi) is 4.80. The summed E-state index contributed by atoms with van der Waals surface area (Å²) in [7, 11) is 3.16. The van der Waals surface area contributed by atoms with Crippen LogP contribution in [-0.4, -0.2) is 25.1 Å². The van der Waals surface area contributed by atoms with E-state index in [1.54, 1.807) is 14.2 Å². The molecule has 6 nitrogen and oxygen atoms in total. The van der Waals surface area contributed by atoms with Gasteiger partial charge in [-0.05, 0) is 35.0 Å². The van der Waals surface area contributed by atoms with E-state index in [4.69, 9.17) is 13.9 Å². The van der Waals surface area contributed by atoms with Crippen LogP contribution in [0.25, 0.3) is 33.2 Å². The summed E-state index contributed by atoms with van der Waals surface area (Å²) < 4.78 is 16.7. The number of anilines is 1. The van der Waals surface area contributed by atoms with Crippen LogP contribution in [0.5, 0.6) is 11.5 Å². The van der Waals surface area contributed by atoms with E-state index in [1.165, 1.54) is 11.3 Å². The number of nitrogens with one attached hydrogen (secondary N) is 1. The predicted octanol–water partition coefficient (Wildman–Crippen LogP) is 5.98. The maximum Gasteiger partial charge on any atom is 0.261 e. The topological polar surface area (TPSA) is 73.6 Å². The molecule has 0 spiro atoms. The number of thiazole rings is 1. The van der Waals surface area contributed by atoms with E-state index in [0.717, 1.165) is 16.2 Å². The van der Waals surface area contributed by atoms with Crippen molar-refractivity contribution in [1.29, 1.82) is 0 Å². The highest BCUT2D eigenvalue weighted by Gasteiger charge is 2.17. The molecule has 0 unspecified atom stereocenters. The zero-order chi connectivity index (χ0) is 21.4. The van der Waals surface area contributed by atoms with Gasteiger partial charge in [-0.15, -0.1) is 11.3 Å². The third-order valence-corrected chi connectivity index (χ3v) is 5.78. The highest BCUT2D eigenvalue weighted by atomic mass is 32.1. The molecule has 0 saturated heterocycles. The first-order chi connectivity index (χ1) is 15.2. The van der Waals surface area contributed by atoms with E-state index in [0.29, 0.717) is 39.2 Å². The maximum atomic E-state index is 12.9. The zero-order valence-corrected chi connectivity index (χ0v) is 17.7. The van der Waals surface area contributed by atoms with Gasteiger partial charge in [0.25, 0.3) is 5.91 Å². The number of carbonyl (C=O) groups excluding carboxylic acids is 1. The number of methoxy groups -OCH3 is 2. The molecular weight excluding hydrogens is 412 g/mol. The van der Waals surface area contributed by atoms with Gasteiger partial charge in [-0.2, -0.15) is 0 Å². The number of fused-ring (bicyclic) bond motifs is 2. The normalized spacial score (nSPS) is 11.0. The minimum atomic E-state index is -0.283. The molecule has 31 heavy (non-hydrogen) atoms. The van der Waals surface area contributed by atoms with Crippen molar-refractivity contribution in [3.8, 4) is 23.0 Å². The minimum Gasteiger partial charge on any atom is -0.496 e. The van der Waals surface area contributed by atoms with E-state index in [2.05, 4.69) is 10.3 Å². The molecule has 1 amide bonds. The lowest BCUT2D eigenvalue weighted by molar-refractivity contribution is 0.102. The summed E-state index contributed by atoms with van der Waals surface area (Å²) in [5.74, 6) is 1.50. The molecule has 5 rings (SSSR count). The van der Waals surface area contributed by atoms with Gasteiger partial charge in [0, 0.05) is 10.8 Å². The van der Waals surface area contributed by atoms with Crippen molar-refractivity contribution < 1.29 is 18.7 Å². The second-order valence-corrected chi connectivity index (χ2v) is 7.74. The van der Waals surface area contributed by atoms with Crippen molar-refractivity contribution in [2.24, 2.45) is 0 Å². The van der Waals surface area contributed by atoms with Gasteiger partial charge < -0.3 is 13.9 Å². The van der Waals surface area contributed by atoms with E-state index in [9.17, 15) is 4.79 Å². The molecule has 0 radical (unpaired) electrons. The van der Waals surface area contributed by atoms with Crippen molar-refractivity contribution in [3.63, 3.8) is 0 Å². The smallest absolute Gasteiger partial charge is 0.261 e. The summed E-state index contributed by atoms with van der Waals surface area (Å²) in [5.41, 5.74) is 1.76. The van der Waals surface area contributed by atoms with Crippen LogP contribution in [0.2, 0.25) is 0 Å². The SMILES string of the molecule is COc1cc2ccccc2cc1C(=O)Nc1nc(-c2cc3cccc(OC)c3o2)cs1. The molecule has 1 N–H and O–H groups in total. The molecular formula is C24H18N2O4S. The molecule has 0 aliphatic heterocycles. The number of hydrogen-bond donors (Lipinski definition) is 1. The number of aromatic nitrogens is 1. The zero-order valence-electron chi connectivity index (χ0n) is 16.8. The number of amides is 1. The maximum absolute atomic E-state index is 12.9. The molecule has 3 aromatic carbocycles. The van der Waals surface area contributed by atoms with Crippen LogP contribution in [0.1, 0.15) is 10.4 Å². The first-order valence-corrected chi connectivity index (χ1v) is 10.4. The van der Waals surface area contributed by atoms with Crippen molar-refractivity contribution in [2.75, 3.05) is 19.5 Å². The van der Waals surface area contributed by atoms with Crippen LogP contribution in [0.3, 0.4) is 0 Å². The van der Waals surface area contributed by atoms with Gasteiger partial charge in [0.2, 0.25) is 0 Å². The predicted molar refractivity (Wildman–Crippen MR) is 122 cm³/mol. The Labute approximate surface area is 182 Å². The Hall–Kier alpha value is -3.84. The summed E-state index contributed by atoms with van der Waals surface area (Å²) in [6, 6.07) is 19.1. The molecule has 0 bridgehead atoms. The lowest BCUT2D eigenvalue weighted by atomic mass is 10.1. The van der Waals surface area contributed by atoms with Crippen molar-refractivity contribution in [1.82, 2.24) is 4.98 Å². The average Bonchev–Trinajstić information content (AvgIpc) is 3.44. The number of ether oxygens (including phenoxy) is 2. The molecule has 2 aromatic heterocycles. The van der Waals surface area contributed by atoms with Crippen LogP contribution in [0.4, 0.5) is 5.13 Å². The first-order valence-electron chi connectivity index (χ1n) is 9.57. The standard InChI is InChI=1S/C24H18N2O4S/c1-28-19-9-5-8-16-12-21(30-22(16)19)18-13-31-24(25-18)26-23(27)17-10-14-6-3-4-7-15(14)11-20(17)29-2/h3-13H,1-2H3,(H,25,26,27). The molecule has 7 heteroatoms. The van der Waals surface area contributed by atoms with Gasteiger partial charge >= 0.3 is 0 Å². The van der Waals surface area contributed by atoms with Gasteiger partial charge in [-0.3, -0.25) is 10.1 Å². The number of nitrogens with zero attached hydrogens (tertiary/aromatic N) is 1. The number of carbonyl (C=O) groups is 1. The first kappa shape index (κ1) is 19.1. The Morgan fingerprint density at radius 2 is 1.68 bits per heavy atom. The third-order valence-electron chi connectivity index (χ3n) is 5.02. The lowest BCUT2D eigenvalue weighted by Gasteiger charge is -2.10. The highest BCUT2D eigenvalue weighted by molar-refractivity contribution is 7.14. The average molecular weight is 430 g/mol. The van der Waals surface area contributed by atoms with Gasteiger partial charge in [0.05, 0.1) is 19.8 Å². The van der Waals surface area contributed by atoms with Crippen molar-refractivity contribution >= 4 is 44.1 Å². The fourth-order valence-corrected chi connectivity index (χ4v) is 4.19. The van der Waals surface area contributed by atoms with E-state index < -0.39 is 0 Å².